The van der Waals surface area contributed by atoms with Crippen LogP contribution < -0.4 is 10.6 Å². The third-order valence-corrected chi connectivity index (χ3v) is 3.99. The SMILES string of the molecule is CCCCNc1ccc(NC(=O)C2CCCCC2)cc1. The molecule has 1 fully saturated rings. The smallest absolute Gasteiger partial charge is 0.227 e. The fraction of sp³-hybridized carbons (Fsp3) is 0.588. The molecular weight excluding hydrogens is 248 g/mol. The molecular formula is C17H26N2O. The highest BCUT2D eigenvalue weighted by atomic mass is 16.1. The number of nitrogens with one attached hydrogen (secondary N) is 2. The number of carbonyl (C=O) groups is 1. The highest BCUT2D eigenvalue weighted by Gasteiger charge is 2.20. The summed E-state index contributed by atoms with van der Waals surface area (Å²) < 4.78 is 0. The Hall–Kier alpha value is -1.51. The van der Waals surface area contributed by atoms with Crippen LogP contribution in [0.1, 0.15) is 51.9 Å². The third-order valence-electron chi connectivity index (χ3n) is 3.99. The van der Waals surface area contributed by atoms with Crippen molar-refractivity contribution < 1.29 is 4.79 Å². The lowest BCUT2D eigenvalue weighted by molar-refractivity contribution is -0.120. The Morgan fingerprint density at radius 3 is 2.40 bits per heavy atom. The summed E-state index contributed by atoms with van der Waals surface area (Å²) in [6, 6.07) is 8.03. The number of carbonyl (C=O) groups excluding carboxylic acids is 1. The molecule has 20 heavy (non-hydrogen) atoms. The molecule has 1 aliphatic rings. The van der Waals surface area contributed by atoms with E-state index in [0.717, 1.165) is 30.8 Å². The first-order valence-corrected chi connectivity index (χ1v) is 7.94. The molecule has 3 heteroatoms. The maximum atomic E-state index is 12.1. The molecule has 1 aromatic carbocycles. The van der Waals surface area contributed by atoms with Crippen LogP contribution in [0, 0.1) is 5.92 Å². The molecule has 1 saturated carbocycles. The van der Waals surface area contributed by atoms with E-state index in [1.54, 1.807) is 0 Å². The van der Waals surface area contributed by atoms with Gasteiger partial charge >= 0.3 is 0 Å². The minimum atomic E-state index is 0.191. The van der Waals surface area contributed by atoms with Crippen molar-refractivity contribution >= 4 is 17.3 Å². The van der Waals surface area contributed by atoms with E-state index in [9.17, 15) is 4.79 Å². The van der Waals surface area contributed by atoms with E-state index in [2.05, 4.69) is 17.6 Å². The van der Waals surface area contributed by atoms with Gasteiger partial charge in [-0.3, -0.25) is 4.79 Å². The first-order chi connectivity index (χ1) is 9.79. The van der Waals surface area contributed by atoms with Gasteiger partial charge in [0.05, 0.1) is 0 Å². The zero-order chi connectivity index (χ0) is 14.2. The van der Waals surface area contributed by atoms with E-state index < -0.39 is 0 Å². The predicted molar refractivity (Wildman–Crippen MR) is 85.0 cm³/mol. The average molecular weight is 274 g/mol. The monoisotopic (exact) mass is 274 g/mol. The molecule has 0 atom stereocenters. The molecule has 0 aromatic heterocycles. The highest BCUT2D eigenvalue weighted by molar-refractivity contribution is 5.92. The van der Waals surface area contributed by atoms with Gasteiger partial charge in [-0.25, -0.2) is 0 Å². The molecule has 3 nitrogen and oxygen atoms in total. The van der Waals surface area contributed by atoms with Crippen molar-refractivity contribution in [3.8, 4) is 0 Å². The van der Waals surface area contributed by atoms with Gasteiger partial charge in [-0.1, -0.05) is 32.6 Å². The Bertz CT molecular complexity index is 408. The number of rotatable bonds is 6. The summed E-state index contributed by atoms with van der Waals surface area (Å²) in [7, 11) is 0. The lowest BCUT2D eigenvalue weighted by atomic mass is 9.88. The number of hydrogen-bond donors (Lipinski definition) is 2. The van der Waals surface area contributed by atoms with Gasteiger partial charge in [0.15, 0.2) is 0 Å². The molecule has 0 spiro atoms. The van der Waals surface area contributed by atoms with Gasteiger partial charge < -0.3 is 10.6 Å². The lowest BCUT2D eigenvalue weighted by Crippen LogP contribution is -2.24. The Morgan fingerprint density at radius 2 is 1.75 bits per heavy atom. The quantitative estimate of drug-likeness (QED) is 0.754. The molecule has 110 valence electrons. The summed E-state index contributed by atoms with van der Waals surface area (Å²) in [4.78, 5) is 12.1. The largest absolute Gasteiger partial charge is 0.385 e. The molecule has 0 bridgehead atoms. The summed E-state index contributed by atoms with van der Waals surface area (Å²) in [6.45, 7) is 3.19. The van der Waals surface area contributed by atoms with Crippen LogP contribution in [-0.2, 0) is 4.79 Å². The lowest BCUT2D eigenvalue weighted by Gasteiger charge is -2.20. The van der Waals surface area contributed by atoms with Gasteiger partial charge in [0.1, 0.15) is 0 Å². The minimum absolute atomic E-state index is 0.191. The predicted octanol–water partition coefficient (Wildman–Crippen LogP) is 4.42. The van der Waals surface area contributed by atoms with Crippen LogP contribution >= 0.6 is 0 Å². The molecule has 0 heterocycles. The molecule has 0 aliphatic heterocycles. The summed E-state index contributed by atoms with van der Waals surface area (Å²) in [5.74, 6) is 0.405. The third kappa shape index (κ3) is 4.55. The summed E-state index contributed by atoms with van der Waals surface area (Å²) >= 11 is 0. The normalized spacial score (nSPS) is 15.8. The number of hydrogen-bond acceptors (Lipinski definition) is 2. The second-order valence-corrected chi connectivity index (χ2v) is 5.68. The zero-order valence-corrected chi connectivity index (χ0v) is 12.5. The maximum absolute atomic E-state index is 12.1. The standard InChI is InChI=1S/C17H26N2O/c1-2-3-13-18-15-9-11-16(12-10-15)19-17(20)14-7-5-4-6-8-14/h9-12,14,18H,2-8,13H2,1H3,(H,19,20). The van der Waals surface area contributed by atoms with Crippen molar-refractivity contribution in [3.63, 3.8) is 0 Å². The summed E-state index contributed by atoms with van der Waals surface area (Å²) in [6.07, 6.45) is 8.13. The molecule has 1 aliphatic carbocycles. The Balaban J connectivity index is 1.81. The van der Waals surface area contributed by atoms with E-state index in [-0.39, 0.29) is 11.8 Å². The summed E-state index contributed by atoms with van der Waals surface area (Å²) in [5, 5.41) is 6.42. The first kappa shape index (κ1) is 14.9. The fourth-order valence-electron chi connectivity index (χ4n) is 2.69. The number of anilines is 2. The van der Waals surface area contributed by atoms with Crippen LogP contribution in [0.5, 0.6) is 0 Å². The van der Waals surface area contributed by atoms with Crippen molar-refractivity contribution in [1.82, 2.24) is 0 Å². The Morgan fingerprint density at radius 1 is 1.10 bits per heavy atom. The van der Waals surface area contributed by atoms with Crippen molar-refractivity contribution in [3.05, 3.63) is 24.3 Å². The molecule has 1 aromatic rings. The topological polar surface area (TPSA) is 41.1 Å². The van der Waals surface area contributed by atoms with Crippen molar-refractivity contribution in [1.29, 1.82) is 0 Å². The van der Waals surface area contributed by atoms with Crippen LogP contribution in [0.25, 0.3) is 0 Å². The Kier molecular flexibility index (Phi) is 5.90. The maximum Gasteiger partial charge on any atom is 0.227 e. The molecule has 0 radical (unpaired) electrons. The van der Waals surface area contributed by atoms with Crippen molar-refractivity contribution in [2.45, 2.75) is 51.9 Å². The van der Waals surface area contributed by atoms with Gasteiger partial charge in [-0.2, -0.15) is 0 Å². The van der Waals surface area contributed by atoms with Crippen molar-refractivity contribution in [2.24, 2.45) is 5.92 Å². The zero-order valence-electron chi connectivity index (χ0n) is 12.5. The molecule has 2 rings (SSSR count). The van der Waals surface area contributed by atoms with E-state index in [1.165, 1.54) is 32.1 Å². The highest BCUT2D eigenvalue weighted by Crippen LogP contribution is 2.25. The average Bonchev–Trinajstić information content (AvgIpc) is 2.50. The molecule has 1 amide bonds. The van der Waals surface area contributed by atoms with Gasteiger partial charge in [0.2, 0.25) is 5.91 Å². The van der Waals surface area contributed by atoms with Crippen molar-refractivity contribution in [2.75, 3.05) is 17.2 Å². The van der Waals surface area contributed by atoms with E-state index in [4.69, 9.17) is 0 Å². The summed E-state index contributed by atoms with van der Waals surface area (Å²) in [5.41, 5.74) is 2.02. The molecule has 2 N–H and O–H groups in total. The first-order valence-electron chi connectivity index (χ1n) is 7.94. The number of amides is 1. The second-order valence-electron chi connectivity index (χ2n) is 5.68. The number of benzene rings is 1. The molecule has 0 saturated heterocycles. The van der Waals surface area contributed by atoms with Gasteiger partial charge in [-0.05, 0) is 43.5 Å². The van der Waals surface area contributed by atoms with Crippen LogP contribution in [0.4, 0.5) is 11.4 Å². The number of unbranched alkanes of at least 4 members (excludes halogenated alkanes) is 1. The van der Waals surface area contributed by atoms with E-state index in [1.807, 2.05) is 24.3 Å². The van der Waals surface area contributed by atoms with Gasteiger partial charge in [0.25, 0.3) is 0 Å². The minimum Gasteiger partial charge on any atom is -0.385 e. The Labute approximate surface area is 122 Å². The van der Waals surface area contributed by atoms with Crippen LogP contribution in [-0.4, -0.2) is 12.5 Å². The van der Waals surface area contributed by atoms with E-state index in [0.29, 0.717) is 0 Å². The van der Waals surface area contributed by atoms with Crippen LogP contribution in [0.2, 0.25) is 0 Å². The van der Waals surface area contributed by atoms with E-state index >= 15 is 0 Å². The second kappa shape index (κ2) is 7.93. The fourth-order valence-corrected chi connectivity index (χ4v) is 2.69. The van der Waals surface area contributed by atoms with Crippen LogP contribution in [0.15, 0.2) is 24.3 Å². The van der Waals surface area contributed by atoms with Gasteiger partial charge in [0, 0.05) is 23.8 Å². The van der Waals surface area contributed by atoms with Gasteiger partial charge in [-0.15, -0.1) is 0 Å². The molecule has 0 unspecified atom stereocenters. The van der Waals surface area contributed by atoms with Crippen LogP contribution in [0.3, 0.4) is 0 Å².